The number of esters is 3. The molecule has 0 aliphatic rings. The normalized spacial score (nSPS) is 12.7. The van der Waals surface area contributed by atoms with Gasteiger partial charge in [0, 0.05) is 19.3 Å². The van der Waals surface area contributed by atoms with Crippen LogP contribution < -0.4 is 0 Å². The van der Waals surface area contributed by atoms with E-state index in [1.54, 1.807) is 0 Å². The minimum absolute atomic E-state index is 0.0973. The van der Waals surface area contributed by atoms with Gasteiger partial charge in [0.1, 0.15) is 13.2 Å². The molecule has 0 fully saturated rings. The van der Waals surface area contributed by atoms with Crippen molar-refractivity contribution < 1.29 is 28.6 Å². The van der Waals surface area contributed by atoms with Gasteiger partial charge in [0.25, 0.3) is 0 Å². The lowest BCUT2D eigenvalue weighted by Crippen LogP contribution is -2.30. The predicted octanol–water partition coefficient (Wildman–Crippen LogP) is 18.8. The van der Waals surface area contributed by atoms with Gasteiger partial charge in [-0.2, -0.15) is 0 Å². The summed E-state index contributed by atoms with van der Waals surface area (Å²) in [6, 6.07) is 0. The van der Waals surface area contributed by atoms with Gasteiger partial charge in [-0.25, -0.2) is 0 Å². The topological polar surface area (TPSA) is 78.9 Å². The molecule has 0 aromatic carbocycles. The van der Waals surface area contributed by atoms with Gasteiger partial charge in [0.2, 0.25) is 0 Å². The van der Waals surface area contributed by atoms with Crippen molar-refractivity contribution in [2.45, 2.75) is 271 Å². The zero-order chi connectivity index (χ0) is 48.6. The van der Waals surface area contributed by atoms with E-state index in [2.05, 4.69) is 106 Å². The summed E-state index contributed by atoms with van der Waals surface area (Å²) in [7, 11) is 0. The Labute approximate surface area is 414 Å². The summed E-state index contributed by atoms with van der Waals surface area (Å²) >= 11 is 0. The molecule has 0 bridgehead atoms. The van der Waals surface area contributed by atoms with Crippen LogP contribution in [0.4, 0.5) is 0 Å². The van der Waals surface area contributed by atoms with Crippen LogP contribution in [0.1, 0.15) is 265 Å². The molecule has 0 saturated heterocycles. The maximum Gasteiger partial charge on any atom is 0.306 e. The van der Waals surface area contributed by atoms with Crippen molar-refractivity contribution in [1.29, 1.82) is 0 Å². The minimum atomic E-state index is -0.804. The second kappa shape index (κ2) is 55.2. The van der Waals surface area contributed by atoms with Gasteiger partial charge in [-0.3, -0.25) is 14.4 Å². The number of ether oxygens (including phenoxy) is 3. The molecule has 6 heteroatoms. The number of carbonyl (C=O) groups is 3. The Bertz CT molecular complexity index is 1300. The Hall–Kier alpha value is -3.41. The largest absolute Gasteiger partial charge is 0.462 e. The summed E-state index contributed by atoms with van der Waals surface area (Å²) in [5.74, 6) is -0.951. The van der Waals surface area contributed by atoms with E-state index >= 15 is 0 Å². The van der Waals surface area contributed by atoms with Crippen LogP contribution in [0, 0.1) is 0 Å². The summed E-state index contributed by atoms with van der Waals surface area (Å²) < 4.78 is 16.8. The van der Waals surface area contributed by atoms with Crippen LogP contribution in [-0.4, -0.2) is 37.2 Å². The van der Waals surface area contributed by atoms with Crippen LogP contribution in [-0.2, 0) is 28.6 Å². The highest BCUT2D eigenvalue weighted by molar-refractivity contribution is 5.71. The highest BCUT2D eigenvalue weighted by Crippen LogP contribution is 2.16. The Kier molecular flexibility index (Phi) is 52.4. The molecule has 0 aromatic rings. The average Bonchev–Trinajstić information content (AvgIpc) is 3.33. The van der Waals surface area contributed by atoms with Crippen molar-refractivity contribution in [1.82, 2.24) is 0 Å². The van der Waals surface area contributed by atoms with Crippen molar-refractivity contribution >= 4 is 17.9 Å². The molecule has 0 saturated carbocycles. The third-order valence-electron chi connectivity index (χ3n) is 11.9. The first-order valence-corrected chi connectivity index (χ1v) is 28.1. The van der Waals surface area contributed by atoms with Gasteiger partial charge in [-0.05, 0) is 89.9 Å². The highest BCUT2D eigenvalue weighted by atomic mass is 16.6. The lowest BCUT2D eigenvalue weighted by molar-refractivity contribution is -0.167. The molecule has 0 rings (SSSR count). The van der Waals surface area contributed by atoms with Crippen molar-refractivity contribution in [3.8, 4) is 0 Å². The molecule has 0 heterocycles. The number of allylic oxidation sites excluding steroid dienone is 14. The fourth-order valence-electron chi connectivity index (χ4n) is 7.74. The number of hydrogen-bond donors (Lipinski definition) is 0. The summed E-state index contributed by atoms with van der Waals surface area (Å²) in [5.41, 5.74) is 0. The molecule has 1 atom stereocenters. The molecular weight excluding hydrogens is 829 g/mol. The molecule has 6 nitrogen and oxygen atoms in total. The van der Waals surface area contributed by atoms with Gasteiger partial charge in [0.15, 0.2) is 6.10 Å². The van der Waals surface area contributed by atoms with Crippen molar-refractivity contribution in [2.24, 2.45) is 0 Å². The second-order valence-corrected chi connectivity index (χ2v) is 18.4. The van der Waals surface area contributed by atoms with Crippen LogP contribution in [0.25, 0.3) is 0 Å². The second-order valence-electron chi connectivity index (χ2n) is 18.4. The SMILES string of the molecule is CC/C=C\C/C=C\C/C=C\C/C=C\CCCCC(=O)O[C@H](COC(=O)CCCCCCC/C=C\C/C=C\C/C=C\CC)COC(=O)CCCCCCCCCCCCCCCCCCCCC. The van der Waals surface area contributed by atoms with Crippen LogP contribution >= 0.6 is 0 Å². The highest BCUT2D eigenvalue weighted by Gasteiger charge is 2.19. The van der Waals surface area contributed by atoms with Crippen molar-refractivity contribution in [3.63, 3.8) is 0 Å². The molecular formula is C61H104O6. The average molecular weight is 933 g/mol. The van der Waals surface area contributed by atoms with Gasteiger partial charge < -0.3 is 14.2 Å². The van der Waals surface area contributed by atoms with E-state index < -0.39 is 6.10 Å². The molecule has 0 amide bonds. The molecule has 0 unspecified atom stereocenters. The lowest BCUT2D eigenvalue weighted by Gasteiger charge is -2.18. The Morgan fingerprint density at radius 3 is 0.940 bits per heavy atom. The Balaban J connectivity index is 4.42. The molecule has 384 valence electrons. The van der Waals surface area contributed by atoms with Crippen LogP contribution in [0.15, 0.2) is 85.1 Å². The molecule has 0 aromatic heterocycles. The third-order valence-corrected chi connectivity index (χ3v) is 11.9. The molecule has 0 radical (unpaired) electrons. The molecule has 0 spiro atoms. The fraction of sp³-hybridized carbons (Fsp3) is 0.721. The molecule has 67 heavy (non-hydrogen) atoms. The van der Waals surface area contributed by atoms with Gasteiger partial charge in [0.05, 0.1) is 0 Å². The summed E-state index contributed by atoms with van der Waals surface area (Å²) in [5, 5.41) is 0. The maximum absolute atomic E-state index is 12.8. The van der Waals surface area contributed by atoms with E-state index in [9.17, 15) is 14.4 Å². The number of rotatable bonds is 50. The first-order chi connectivity index (χ1) is 33.0. The quantitative estimate of drug-likeness (QED) is 0.0262. The van der Waals surface area contributed by atoms with Gasteiger partial charge in [-0.15, -0.1) is 0 Å². The van der Waals surface area contributed by atoms with E-state index in [4.69, 9.17) is 14.2 Å². The third kappa shape index (κ3) is 53.4. The lowest BCUT2D eigenvalue weighted by atomic mass is 10.0. The smallest absolute Gasteiger partial charge is 0.306 e. The van der Waals surface area contributed by atoms with Crippen LogP contribution in [0.3, 0.4) is 0 Å². The summed E-state index contributed by atoms with van der Waals surface area (Å²) in [6.07, 6.45) is 71.5. The van der Waals surface area contributed by atoms with Crippen molar-refractivity contribution in [2.75, 3.05) is 13.2 Å². The Morgan fingerprint density at radius 2 is 0.582 bits per heavy atom. The molecule has 0 aliphatic carbocycles. The molecule has 0 N–H and O–H groups in total. The zero-order valence-corrected chi connectivity index (χ0v) is 43.9. The van der Waals surface area contributed by atoms with E-state index in [0.717, 1.165) is 116 Å². The number of hydrogen-bond acceptors (Lipinski definition) is 6. The first-order valence-electron chi connectivity index (χ1n) is 28.1. The fourth-order valence-corrected chi connectivity index (χ4v) is 7.74. The summed E-state index contributed by atoms with van der Waals surface area (Å²) in [4.78, 5) is 38.1. The summed E-state index contributed by atoms with van der Waals surface area (Å²) in [6.45, 7) is 6.38. The van der Waals surface area contributed by atoms with E-state index in [-0.39, 0.29) is 37.5 Å². The van der Waals surface area contributed by atoms with Gasteiger partial charge >= 0.3 is 17.9 Å². The van der Waals surface area contributed by atoms with Crippen LogP contribution in [0.5, 0.6) is 0 Å². The van der Waals surface area contributed by atoms with Crippen molar-refractivity contribution in [3.05, 3.63) is 85.1 Å². The monoisotopic (exact) mass is 933 g/mol. The Morgan fingerprint density at radius 1 is 0.313 bits per heavy atom. The zero-order valence-electron chi connectivity index (χ0n) is 43.9. The van der Waals surface area contributed by atoms with E-state index in [0.29, 0.717) is 19.3 Å². The first kappa shape index (κ1) is 63.6. The number of unbranched alkanes of at least 4 members (excludes halogenated alkanes) is 25. The number of carbonyl (C=O) groups excluding carboxylic acids is 3. The van der Waals surface area contributed by atoms with Gasteiger partial charge in [-0.1, -0.05) is 241 Å². The molecule has 0 aliphatic heterocycles. The minimum Gasteiger partial charge on any atom is -0.462 e. The maximum atomic E-state index is 12.8. The van der Waals surface area contributed by atoms with Crippen LogP contribution in [0.2, 0.25) is 0 Å². The van der Waals surface area contributed by atoms with E-state index in [1.807, 2.05) is 0 Å². The van der Waals surface area contributed by atoms with E-state index in [1.165, 1.54) is 103 Å². The predicted molar refractivity (Wildman–Crippen MR) is 288 cm³/mol. The standard InChI is InChI=1S/C61H104O6/c1-4-7-10-13-16-19-22-25-28-29-30-31-34-36-39-42-45-48-51-54-60(63)66-57-58(67-61(64)55-52-49-46-43-40-37-33-27-24-21-18-15-12-9-6-3)56-65-59(62)53-50-47-44-41-38-35-32-26-23-20-17-14-11-8-5-2/h8-9,11-12,17-18,20-21,26-27,32-33,40,43,58H,4-7,10,13-16,19,22-25,28-31,34-39,41-42,44-57H2,1-3H3/b11-8-,12-9-,20-17-,21-18-,32-26-,33-27-,43-40-/t58-/m1/s1.